The van der Waals surface area contributed by atoms with Crippen molar-refractivity contribution >= 4 is 17.5 Å². The zero-order valence-corrected chi connectivity index (χ0v) is 11.5. The highest BCUT2D eigenvalue weighted by atomic mass is 16.2. The lowest BCUT2D eigenvalue weighted by Crippen LogP contribution is -2.40. The smallest absolute Gasteiger partial charge is 0.233 e. The number of aryl methyl sites for hydroxylation is 1. The van der Waals surface area contributed by atoms with Crippen LogP contribution in [0.25, 0.3) is 0 Å². The van der Waals surface area contributed by atoms with Gasteiger partial charge < -0.3 is 5.11 Å². The number of amides is 2. The summed E-state index contributed by atoms with van der Waals surface area (Å²) in [6.07, 6.45) is 2.18. The predicted molar refractivity (Wildman–Crippen MR) is 76.1 cm³/mol. The number of hydrogen-bond donors (Lipinski definition) is 1. The van der Waals surface area contributed by atoms with E-state index in [1.165, 1.54) is 4.90 Å². The summed E-state index contributed by atoms with van der Waals surface area (Å²) in [6, 6.07) is 5.40. The van der Waals surface area contributed by atoms with Crippen LogP contribution >= 0.6 is 0 Å². The molecule has 4 heteroatoms. The van der Waals surface area contributed by atoms with E-state index in [2.05, 4.69) is 11.8 Å². The van der Waals surface area contributed by atoms with Crippen molar-refractivity contribution in [1.29, 1.82) is 0 Å². The molecular weight excluding hydrogens is 254 g/mol. The van der Waals surface area contributed by atoms with Crippen molar-refractivity contribution in [2.75, 3.05) is 11.5 Å². The Labute approximate surface area is 118 Å². The topological polar surface area (TPSA) is 57.6 Å². The molecule has 0 aromatic heterocycles. The van der Waals surface area contributed by atoms with Gasteiger partial charge in [-0.05, 0) is 36.6 Å². The molecular formula is C16H17NO3. The molecule has 0 atom stereocenters. The van der Waals surface area contributed by atoms with Gasteiger partial charge in [0.15, 0.2) is 0 Å². The van der Waals surface area contributed by atoms with Crippen molar-refractivity contribution in [2.45, 2.75) is 32.6 Å². The summed E-state index contributed by atoms with van der Waals surface area (Å²) in [5.74, 6) is 5.16. The SMILES string of the molecule is CCc1cc(C#CCO)ccc1N1C(=O)CCCC1=O. The molecule has 1 N–H and O–H groups in total. The fourth-order valence-corrected chi connectivity index (χ4v) is 2.33. The van der Waals surface area contributed by atoms with Gasteiger partial charge in [0.1, 0.15) is 6.61 Å². The van der Waals surface area contributed by atoms with Crippen molar-refractivity contribution < 1.29 is 14.7 Å². The van der Waals surface area contributed by atoms with Gasteiger partial charge >= 0.3 is 0 Å². The first-order valence-electron chi connectivity index (χ1n) is 6.75. The van der Waals surface area contributed by atoms with Crippen LogP contribution in [0.2, 0.25) is 0 Å². The predicted octanol–water partition coefficient (Wildman–Crippen LogP) is 1.64. The number of aliphatic hydroxyl groups excluding tert-OH is 1. The molecule has 1 aromatic rings. The monoisotopic (exact) mass is 271 g/mol. The first-order valence-corrected chi connectivity index (χ1v) is 6.75. The molecule has 104 valence electrons. The molecule has 1 saturated heterocycles. The normalized spacial score (nSPS) is 15.0. The van der Waals surface area contributed by atoms with Gasteiger partial charge in [-0.25, -0.2) is 0 Å². The number of anilines is 1. The van der Waals surface area contributed by atoms with Gasteiger partial charge in [0.25, 0.3) is 0 Å². The maximum Gasteiger partial charge on any atom is 0.233 e. The number of hydrogen-bond acceptors (Lipinski definition) is 3. The van der Waals surface area contributed by atoms with Gasteiger partial charge in [0, 0.05) is 18.4 Å². The molecule has 2 amide bonds. The summed E-state index contributed by atoms with van der Waals surface area (Å²) in [4.78, 5) is 25.2. The van der Waals surface area contributed by atoms with E-state index in [1.54, 1.807) is 12.1 Å². The van der Waals surface area contributed by atoms with Crippen LogP contribution in [-0.4, -0.2) is 23.5 Å². The Balaban J connectivity index is 2.40. The molecule has 2 rings (SSSR count). The van der Waals surface area contributed by atoms with Crippen LogP contribution < -0.4 is 4.90 Å². The van der Waals surface area contributed by atoms with Crippen LogP contribution in [-0.2, 0) is 16.0 Å². The van der Waals surface area contributed by atoms with Gasteiger partial charge in [-0.2, -0.15) is 0 Å². The maximum absolute atomic E-state index is 12.0. The molecule has 1 heterocycles. The Morgan fingerprint density at radius 1 is 1.25 bits per heavy atom. The highest BCUT2D eigenvalue weighted by Crippen LogP contribution is 2.27. The summed E-state index contributed by atoms with van der Waals surface area (Å²) in [5, 5.41) is 8.71. The van der Waals surface area contributed by atoms with Crippen LogP contribution in [0, 0.1) is 11.8 Å². The number of carbonyl (C=O) groups excluding carboxylic acids is 2. The minimum Gasteiger partial charge on any atom is -0.384 e. The van der Waals surface area contributed by atoms with E-state index in [9.17, 15) is 9.59 Å². The highest BCUT2D eigenvalue weighted by molar-refractivity contribution is 6.16. The van der Waals surface area contributed by atoms with Crippen molar-refractivity contribution in [1.82, 2.24) is 0 Å². The van der Waals surface area contributed by atoms with E-state index in [4.69, 9.17) is 5.11 Å². The van der Waals surface area contributed by atoms with Gasteiger partial charge in [0.05, 0.1) is 5.69 Å². The van der Waals surface area contributed by atoms with E-state index < -0.39 is 0 Å². The Kier molecular flexibility index (Phi) is 4.54. The molecule has 0 aliphatic carbocycles. The summed E-state index contributed by atoms with van der Waals surface area (Å²) in [7, 11) is 0. The van der Waals surface area contributed by atoms with Crippen molar-refractivity contribution in [3.63, 3.8) is 0 Å². The molecule has 0 unspecified atom stereocenters. The van der Waals surface area contributed by atoms with Crippen LogP contribution in [0.1, 0.15) is 37.3 Å². The van der Waals surface area contributed by atoms with Gasteiger partial charge in [-0.15, -0.1) is 0 Å². The van der Waals surface area contributed by atoms with Crippen molar-refractivity contribution in [2.24, 2.45) is 0 Å². The Hall–Kier alpha value is -2.12. The lowest BCUT2D eigenvalue weighted by Gasteiger charge is -2.26. The van der Waals surface area contributed by atoms with Gasteiger partial charge in [-0.1, -0.05) is 18.8 Å². The second-order valence-corrected chi connectivity index (χ2v) is 4.63. The van der Waals surface area contributed by atoms with Crippen LogP contribution in [0.5, 0.6) is 0 Å². The average Bonchev–Trinajstić information content (AvgIpc) is 2.45. The molecule has 0 bridgehead atoms. The fourth-order valence-electron chi connectivity index (χ4n) is 2.33. The molecule has 0 spiro atoms. The van der Waals surface area contributed by atoms with Crippen LogP contribution in [0.15, 0.2) is 18.2 Å². The average molecular weight is 271 g/mol. The Bertz CT molecular complexity index is 579. The quantitative estimate of drug-likeness (QED) is 0.657. The molecule has 20 heavy (non-hydrogen) atoms. The number of carbonyl (C=O) groups is 2. The summed E-state index contributed by atoms with van der Waals surface area (Å²) in [6.45, 7) is 1.79. The molecule has 0 radical (unpaired) electrons. The molecule has 1 aliphatic heterocycles. The number of imide groups is 1. The molecule has 1 aromatic carbocycles. The van der Waals surface area contributed by atoms with Crippen LogP contribution in [0.3, 0.4) is 0 Å². The fraction of sp³-hybridized carbons (Fsp3) is 0.375. The molecule has 1 aliphatic rings. The number of benzene rings is 1. The standard InChI is InChI=1S/C16H17NO3/c1-2-13-11-12(5-4-10-18)8-9-14(13)17-15(19)6-3-7-16(17)20/h8-9,11,18H,2-3,6-7,10H2,1H3. The van der Waals surface area contributed by atoms with E-state index >= 15 is 0 Å². The van der Waals surface area contributed by atoms with E-state index in [1.807, 2.05) is 13.0 Å². The largest absolute Gasteiger partial charge is 0.384 e. The zero-order chi connectivity index (χ0) is 14.5. The first kappa shape index (κ1) is 14.3. The lowest BCUT2D eigenvalue weighted by atomic mass is 10.0. The van der Waals surface area contributed by atoms with E-state index in [0.717, 1.165) is 11.1 Å². The molecule has 4 nitrogen and oxygen atoms in total. The molecule has 0 saturated carbocycles. The number of nitrogens with zero attached hydrogens (tertiary/aromatic N) is 1. The van der Waals surface area contributed by atoms with Gasteiger partial charge in [-0.3, -0.25) is 14.5 Å². The number of aliphatic hydroxyl groups is 1. The maximum atomic E-state index is 12.0. The second kappa shape index (κ2) is 6.36. The molecule has 1 fully saturated rings. The van der Waals surface area contributed by atoms with Gasteiger partial charge in [0.2, 0.25) is 11.8 Å². The lowest BCUT2D eigenvalue weighted by molar-refractivity contribution is -0.129. The summed E-state index contributed by atoms with van der Waals surface area (Å²) < 4.78 is 0. The van der Waals surface area contributed by atoms with Crippen molar-refractivity contribution in [3.05, 3.63) is 29.3 Å². The Morgan fingerprint density at radius 3 is 2.55 bits per heavy atom. The Morgan fingerprint density at radius 2 is 1.95 bits per heavy atom. The van der Waals surface area contributed by atoms with E-state index in [0.29, 0.717) is 31.4 Å². The zero-order valence-electron chi connectivity index (χ0n) is 11.5. The summed E-state index contributed by atoms with van der Waals surface area (Å²) >= 11 is 0. The number of piperidine rings is 1. The minimum atomic E-state index is -0.188. The first-order chi connectivity index (χ1) is 9.67. The van der Waals surface area contributed by atoms with E-state index in [-0.39, 0.29) is 18.4 Å². The summed E-state index contributed by atoms with van der Waals surface area (Å²) in [5.41, 5.74) is 2.35. The third kappa shape index (κ3) is 2.89. The minimum absolute atomic E-state index is 0.134. The number of rotatable bonds is 2. The third-order valence-corrected chi connectivity index (χ3v) is 3.29. The highest BCUT2D eigenvalue weighted by Gasteiger charge is 2.28. The van der Waals surface area contributed by atoms with Crippen molar-refractivity contribution in [3.8, 4) is 11.8 Å². The van der Waals surface area contributed by atoms with Crippen LogP contribution in [0.4, 0.5) is 5.69 Å². The third-order valence-electron chi connectivity index (χ3n) is 3.29. The second-order valence-electron chi connectivity index (χ2n) is 4.63.